The number of nitrogens with one attached hydrogen (secondary N) is 1. The molecule has 2 amide bonds. The fraction of sp³-hybridized carbons (Fsp3) is 0.500. The van der Waals surface area contributed by atoms with Crippen molar-refractivity contribution in [2.45, 2.75) is 32.3 Å². The van der Waals surface area contributed by atoms with Crippen molar-refractivity contribution in [1.82, 2.24) is 4.90 Å². The smallest absolute Gasteiger partial charge is 0.321 e. The van der Waals surface area contributed by atoms with E-state index in [1.807, 2.05) is 6.92 Å². The van der Waals surface area contributed by atoms with E-state index < -0.39 is 0 Å². The molecule has 1 fully saturated rings. The molecule has 0 radical (unpaired) electrons. The Bertz CT molecular complexity index is 527. The number of rotatable bonds is 3. The van der Waals surface area contributed by atoms with Gasteiger partial charge in [0, 0.05) is 24.9 Å². The predicted octanol–water partition coefficient (Wildman–Crippen LogP) is 2.92. The summed E-state index contributed by atoms with van der Waals surface area (Å²) in [6.45, 7) is 4.86. The van der Waals surface area contributed by atoms with E-state index in [9.17, 15) is 9.59 Å². The van der Waals surface area contributed by atoms with Crippen molar-refractivity contribution in [2.24, 2.45) is 0 Å². The van der Waals surface area contributed by atoms with Gasteiger partial charge in [0.2, 0.25) is 0 Å². The van der Waals surface area contributed by atoms with E-state index in [4.69, 9.17) is 4.74 Å². The van der Waals surface area contributed by atoms with Crippen molar-refractivity contribution < 1.29 is 14.3 Å². The van der Waals surface area contributed by atoms with Crippen LogP contribution in [0.4, 0.5) is 10.5 Å². The number of carbonyl (C=O) groups excluding carboxylic acids is 2. The Hall–Kier alpha value is -1.88. The van der Waals surface area contributed by atoms with Crippen molar-refractivity contribution in [3.8, 4) is 0 Å². The summed E-state index contributed by atoms with van der Waals surface area (Å²) in [5.74, 6) is 0.0137. The third kappa shape index (κ3) is 3.82. The van der Waals surface area contributed by atoms with Crippen molar-refractivity contribution >= 4 is 17.5 Å². The number of hydrogen-bond donors (Lipinski definition) is 1. The van der Waals surface area contributed by atoms with E-state index in [2.05, 4.69) is 5.32 Å². The van der Waals surface area contributed by atoms with Crippen LogP contribution in [0, 0.1) is 0 Å². The normalized spacial score (nSPS) is 22.0. The van der Waals surface area contributed by atoms with Gasteiger partial charge in [0.05, 0.1) is 12.1 Å². The van der Waals surface area contributed by atoms with E-state index in [0.29, 0.717) is 17.8 Å². The molecule has 1 aromatic rings. The molecule has 1 unspecified atom stereocenters. The number of benzene rings is 1. The molecular weight excluding hydrogens is 268 g/mol. The number of Topliss-reactive ketones (excluding diaryl/α,β-unsaturated/α-hetero) is 1. The molecule has 0 bridgehead atoms. The molecule has 5 nitrogen and oxygen atoms in total. The minimum absolute atomic E-state index is 0.0137. The van der Waals surface area contributed by atoms with Gasteiger partial charge in [0.25, 0.3) is 0 Å². The summed E-state index contributed by atoms with van der Waals surface area (Å²) in [6.07, 6.45) is 1.89. The molecule has 1 heterocycles. The summed E-state index contributed by atoms with van der Waals surface area (Å²) >= 11 is 0. The lowest BCUT2D eigenvalue weighted by molar-refractivity contribution is -0.0389. The fourth-order valence-electron chi connectivity index (χ4n) is 2.54. The number of urea groups is 1. The molecule has 2 rings (SSSR count). The van der Waals surface area contributed by atoms with Crippen LogP contribution in [0.2, 0.25) is 0 Å². The topological polar surface area (TPSA) is 58.6 Å². The average molecular weight is 290 g/mol. The first-order chi connectivity index (χ1) is 9.93. The Labute approximate surface area is 125 Å². The van der Waals surface area contributed by atoms with E-state index >= 15 is 0 Å². The fourth-order valence-corrected chi connectivity index (χ4v) is 2.54. The zero-order valence-electron chi connectivity index (χ0n) is 12.8. The van der Waals surface area contributed by atoms with Crippen molar-refractivity contribution in [2.75, 3.05) is 25.5 Å². The van der Waals surface area contributed by atoms with Gasteiger partial charge < -0.3 is 15.0 Å². The molecule has 1 atom stereocenters. The number of nitrogens with zero attached hydrogens (tertiary/aromatic N) is 1. The van der Waals surface area contributed by atoms with Gasteiger partial charge in [-0.2, -0.15) is 0 Å². The van der Waals surface area contributed by atoms with E-state index in [1.54, 1.807) is 36.3 Å². The predicted molar refractivity (Wildman–Crippen MR) is 81.7 cm³/mol. The summed E-state index contributed by atoms with van der Waals surface area (Å²) in [7, 11) is 1.68. The molecule has 0 spiro atoms. The molecule has 0 aliphatic carbocycles. The number of ether oxygens (including phenoxy) is 1. The van der Waals surface area contributed by atoms with Gasteiger partial charge in [-0.05, 0) is 51.0 Å². The summed E-state index contributed by atoms with van der Waals surface area (Å²) in [5.41, 5.74) is 1.06. The first kappa shape index (κ1) is 15.5. The second-order valence-corrected chi connectivity index (χ2v) is 5.74. The summed E-state index contributed by atoms with van der Waals surface area (Å²) in [5, 5.41) is 2.86. The zero-order chi connectivity index (χ0) is 15.5. The second-order valence-electron chi connectivity index (χ2n) is 5.74. The molecule has 1 aliphatic rings. The highest BCUT2D eigenvalue weighted by Gasteiger charge is 2.32. The van der Waals surface area contributed by atoms with Crippen LogP contribution < -0.4 is 5.32 Å². The van der Waals surface area contributed by atoms with Crippen LogP contribution in [0.1, 0.15) is 37.0 Å². The lowest BCUT2D eigenvalue weighted by Crippen LogP contribution is -2.50. The number of carbonyl (C=O) groups is 2. The van der Waals surface area contributed by atoms with Gasteiger partial charge in [0.15, 0.2) is 5.78 Å². The SMILES string of the molecule is COC1(C)CCCN(C(=O)Nc2ccc(C(C)=O)cc2)C1. The van der Waals surface area contributed by atoms with Crippen LogP contribution in [-0.4, -0.2) is 42.5 Å². The summed E-state index contributed by atoms with van der Waals surface area (Å²) in [6, 6.07) is 6.79. The number of ketones is 1. The summed E-state index contributed by atoms with van der Waals surface area (Å²) < 4.78 is 5.49. The first-order valence-corrected chi connectivity index (χ1v) is 7.16. The molecule has 1 N–H and O–H groups in total. The highest BCUT2D eigenvalue weighted by Crippen LogP contribution is 2.24. The van der Waals surface area contributed by atoms with Crippen molar-refractivity contribution in [1.29, 1.82) is 0 Å². The Morgan fingerprint density at radius 3 is 2.52 bits per heavy atom. The molecule has 0 aromatic heterocycles. The largest absolute Gasteiger partial charge is 0.377 e. The first-order valence-electron chi connectivity index (χ1n) is 7.16. The summed E-state index contributed by atoms with van der Waals surface area (Å²) in [4.78, 5) is 25.3. The van der Waals surface area contributed by atoms with E-state index in [0.717, 1.165) is 19.4 Å². The number of hydrogen-bond acceptors (Lipinski definition) is 3. The van der Waals surface area contributed by atoms with Crippen LogP contribution >= 0.6 is 0 Å². The standard InChI is InChI=1S/C16H22N2O3/c1-12(19)13-5-7-14(8-6-13)17-15(20)18-10-4-9-16(2,11-18)21-3/h5-8H,4,9-11H2,1-3H3,(H,17,20). The van der Waals surface area contributed by atoms with Crippen LogP contribution in [0.25, 0.3) is 0 Å². The van der Waals surface area contributed by atoms with Gasteiger partial charge in [-0.3, -0.25) is 4.79 Å². The Morgan fingerprint density at radius 2 is 1.95 bits per heavy atom. The molecule has 114 valence electrons. The lowest BCUT2D eigenvalue weighted by atomic mass is 9.95. The number of anilines is 1. The Morgan fingerprint density at radius 1 is 1.29 bits per heavy atom. The highest BCUT2D eigenvalue weighted by molar-refractivity contribution is 5.95. The average Bonchev–Trinajstić information content (AvgIpc) is 2.48. The quantitative estimate of drug-likeness (QED) is 0.871. The van der Waals surface area contributed by atoms with Gasteiger partial charge in [-0.25, -0.2) is 4.79 Å². The number of piperidine rings is 1. The minimum atomic E-state index is -0.270. The highest BCUT2D eigenvalue weighted by atomic mass is 16.5. The van der Waals surface area contributed by atoms with Crippen LogP contribution in [0.3, 0.4) is 0 Å². The van der Waals surface area contributed by atoms with Gasteiger partial charge in [-0.1, -0.05) is 0 Å². The molecular formula is C16H22N2O3. The number of amides is 2. The number of methoxy groups -OCH3 is 1. The zero-order valence-corrected chi connectivity index (χ0v) is 12.8. The monoisotopic (exact) mass is 290 g/mol. The van der Waals surface area contributed by atoms with Crippen molar-refractivity contribution in [3.05, 3.63) is 29.8 Å². The third-order valence-corrected chi connectivity index (χ3v) is 3.98. The molecule has 1 saturated heterocycles. The molecule has 21 heavy (non-hydrogen) atoms. The van der Waals surface area contributed by atoms with Crippen LogP contribution in [0.5, 0.6) is 0 Å². The van der Waals surface area contributed by atoms with Gasteiger partial charge >= 0.3 is 6.03 Å². The third-order valence-electron chi connectivity index (χ3n) is 3.98. The molecule has 0 saturated carbocycles. The molecule has 1 aromatic carbocycles. The lowest BCUT2D eigenvalue weighted by Gasteiger charge is -2.39. The van der Waals surface area contributed by atoms with Gasteiger partial charge in [0.1, 0.15) is 0 Å². The molecule has 5 heteroatoms. The van der Waals surface area contributed by atoms with E-state index in [-0.39, 0.29) is 17.4 Å². The maximum absolute atomic E-state index is 12.3. The van der Waals surface area contributed by atoms with Crippen LogP contribution in [-0.2, 0) is 4.74 Å². The van der Waals surface area contributed by atoms with Crippen LogP contribution in [0.15, 0.2) is 24.3 Å². The number of likely N-dealkylation sites (tertiary alicyclic amines) is 1. The second kappa shape index (κ2) is 6.26. The van der Waals surface area contributed by atoms with Crippen molar-refractivity contribution in [3.63, 3.8) is 0 Å². The van der Waals surface area contributed by atoms with E-state index in [1.165, 1.54) is 6.92 Å². The van der Waals surface area contributed by atoms with Gasteiger partial charge in [-0.15, -0.1) is 0 Å². The Kier molecular flexibility index (Phi) is 4.63. The maximum atomic E-state index is 12.3. The molecule has 1 aliphatic heterocycles. The Balaban J connectivity index is 1.99. The maximum Gasteiger partial charge on any atom is 0.321 e. The minimum Gasteiger partial charge on any atom is -0.377 e.